The van der Waals surface area contributed by atoms with E-state index in [2.05, 4.69) is 13.8 Å². The first-order valence-electron chi connectivity index (χ1n) is 10.3. The van der Waals surface area contributed by atoms with Crippen molar-refractivity contribution in [3.8, 4) is 0 Å². The molecule has 4 heteroatoms. The Hall–Kier alpha value is -1.42. The van der Waals surface area contributed by atoms with E-state index < -0.39 is 12.1 Å². The van der Waals surface area contributed by atoms with E-state index in [0.29, 0.717) is 19.3 Å². The molecule has 4 atom stereocenters. The number of unbranched alkanes of at least 4 members (excludes halogenated alkanes) is 3. The van der Waals surface area contributed by atoms with Crippen LogP contribution >= 0.6 is 0 Å². The normalized spacial score (nSPS) is 23.1. The largest absolute Gasteiger partial charge is 0.478 e. The van der Waals surface area contributed by atoms with E-state index in [1.807, 2.05) is 12.2 Å². The van der Waals surface area contributed by atoms with Gasteiger partial charge in [0.05, 0.1) is 6.10 Å². The highest BCUT2D eigenvalue weighted by Crippen LogP contribution is 2.33. The Morgan fingerprint density at radius 2 is 2.04 bits per heavy atom. The van der Waals surface area contributed by atoms with Gasteiger partial charge < -0.3 is 10.2 Å². The first kappa shape index (κ1) is 22.6. The van der Waals surface area contributed by atoms with Crippen LogP contribution in [0.4, 0.5) is 0 Å². The van der Waals surface area contributed by atoms with E-state index in [0.717, 1.165) is 31.8 Å². The van der Waals surface area contributed by atoms with Gasteiger partial charge in [0.15, 0.2) is 0 Å². The molecule has 0 aliphatic heterocycles. The number of aliphatic hydroxyl groups excluding tert-OH is 1. The summed E-state index contributed by atoms with van der Waals surface area (Å²) >= 11 is 0. The number of aliphatic carboxylic acids is 1. The molecule has 0 saturated heterocycles. The summed E-state index contributed by atoms with van der Waals surface area (Å²) in [6, 6.07) is 0. The van der Waals surface area contributed by atoms with Crippen LogP contribution in [0.2, 0.25) is 0 Å². The number of carbonyl (C=O) groups excluding carboxylic acids is 1. The third-order valence-electron chi connectivity index (χ3n) is 5.55. The van der Waals surface area contributed by atoms with E-state index in [4.69, 9.17) is 5.11 Å². The summed E-state index contributed by atoms with van der Waals surface area (Å²) in [5, 5.41) is 19.1. The lowest BCUT2D eigenvalue weighted by Gasteiger charge is -2.20. The predicted octanol–water partition coefficient (Wildman–Crippen LogP) is 4.92. The Morgan fingerprint density at radius 3 is 2.69 bits per heavy atom. The first-order chi connectivity index (χ1) is 12.5. The van der Waals surface area contributed by atoms with Crippen LogP contribution in [0.1, 0.15) is 78.1 Å². The van der Waals surface area contributed by atoms with Gasteiger partial charge in [-0.1, -0.05) is 64.2 Å². The quantitative estimate of drug-likeness (QED) is 0.276. The average molecular weight is 365 g/mol. The van der Waals surface area contributed by atoms with Crippen LogP contribution in [0.3, 0.4) is 0 Å². The molecule has 26 heavy (non-hydrogen) atoms. The lowest BCUT2D eigenvalue weighted by Crippen LogP contribution is -2.19. The lowest BCUT2D eigenvalue weighted by molar-refractivity contribution is -0.131. The molecular formula is C22H36O4. The number of carboxylic acids is 1. The summed E-state index contributed by atoms with van der Waals surface area (Å²) in [4.78, 5) is 22.6. The maximum atomic E-state index is 12.1. The molecule has 0 aromatic heterocycles. The highest BCUT2D eigenvalue weighted by Gasteiger charge is 2.32. The second-order valence-corrected chi connectivity index (χ2v) is 7.49. The van der Waals surface area contributed by atoms with Crippen molar-refractivity contribution in [3.63, 3.8) is 0 Å². The van der Waals surface area contributed by atoms with Crippen molar-refractivity contribution in [1.82, 2.24) is 0 Å². The highest BCUT2D eigenvalue weighted by atomic mass is 16.4. The van der Waals surface area contributed by atoms with Gasteiger partial charge >= 0.3 is 5.97 Å². The fraction of sp³-hybridized carbons (Fsp3) is 0.727. The smallest absolute Gasteiger partial charge is 0.327 e. The molecule has 1 rings (SSSR count). The van der Waals surface area contributed by atoms with Crippen LogP contribution in [0, 0.1) is 17.8 Å². The molecule has 1 aliphatic rings. The van der Waals surface area contributed by atoms with Crippen molar-refractivity contribution >= 4 is 11.8 Å². The fourth-order valence-electron chi connectivity index (χ4n) is 3.86. The number of Topliss-reactive ketones (excluding diaryl/α,β-unsaturated/α-hetero) is 1. The van der Waals surface area contributed by atoms with Crippen molar-refractivity contribution in [2.75, 3.05) is 0 Å². The molecule has 0 bridgehead atoms. The highest BCUT2D eigenvalue weighted by molar-refractivity contribution is 5.83. The zero-order valence-electron chi connectivity index (χ0n) is 16.4. The van der Waals surface area contributed by atoms with Crippen molar-refractivity contribution < 1.29 is 19.8 Å². The second kappa shape index (κ2) is 12.9. The van der Waals surface area contributed by atoms with E-state index in [9.17, 15) is 14.7 Å². The summed E-state index contributed by atoms with van der Waals surface area (Å²) in [6.45, 7) is 4.32. The second-order valence-electron chi connectivity index (χ2n) is 7.49. The van der Waals surface area contributed by atoms with Crippen LogP contribution in [0.15, 0.2) is 24.3 Å². The van der Waals surface area contributed by atoms with Gasteiger partial charge in [0.25, 0.3) is 0 Å². The summed E-state index contributed by atoms with van der Waals surface area (Å²) in [5.74, 6) is -0.261. The number of carbonyl (C=O) groups is 2. The van der Waals surface area contributed by atoms with Crippen LogP contribution in [0.25, 0.3) is 0 Å². The SMILES string of the molecule is CCCCCCC(CC)C(O)C=C[C@@H]1CCC(=O)[C@H]1CC/C=C\C(=O)O. The van der Waals surface area contributed by atoms with Gasteiger partial charge in [0, 0.05) is 18.4 Å². The van der Waals surface area contributed by atoms with Gasteiger partial charge in [-0.05, 0) is 37.5 Å². The monoisotopic (exact) mass is 364 g/mol. The Morgan fingerprint density at radius 1 is 1.27 bits per heavy atom. The fourth-order valence-corrected chi connectivity index (χ4v) is 3.86. The summed E-state index contributed by atoms with van der Waals surface area (Å²) < 4.78 is 0. The number of allylic oxidation sites excluding steroid dienone is 2. The van der Waals surface area contributed by atoms with Crippen LogP contribution in [-0.4, -0.2) is 28.1 Å². The predicted molar refractivity (Wildman–Crippen MR) is 105 cm³/mol. The van der Waals surface area contributed by atoms with E-state index in [-0.39, 0.29) is 23.5 Å². The number of ketones is 1. The molecule has 0 radical (unpaired) electrons. The van der Waals surface area contributed by atoms with Crippen LogP contribution < -0.4 is 0 Å². The molecule has 2 unspecified atom stereocenters. The maximum absolute atomic E-state index is 12.1. The minimum absolute atomic E-state index is 0.0403. The number of hydrogen-bond acceptors (Lipinski definition) is 3. The van der Waals surface area contributed by atoms with Gasteiger partial charge in [-0.15, -0.1) is 0 Å². The Kier molecular flexibility index (Phi) is 11.2. The minimum atomic E-state index is -0.952. The third kappa shape index (κ3) is 8.31. The van der Waals surface area contributed by atoms with Gasteiger partial charge in [-0.2, -0.15) is 0 Å². The van der Waals surface area contributed by atoms with Crippen LogP contribution in [0.5, 0.6) is 0 Å². The van der Waals surface area contributed by atoms with Gasteiger partial charge in [0.1, 0.15) is 5.78 Å². The molecule has 2 N–H and O–H groups in total. The Bertz CT molecular complexity index is 481. The zero-order valence-corrected chi connectivity index (χ0v) is 16.4. The zero-order chi connectivity index (χ0) is 19.4. The van der Waals surface area contributed by atoms with Gasteiger partial charge in [0.2, 0.25) is 0 Å². The molecule has 1 fully saturated rings. The molecule has 0 aromatic rings. The molecule has 148 valence electrons. The number of carboxylic acid groups (broad SMARTS) is 1. The molecular weight excluding hydrogens is 328 g/mol. The van der Waals surface area contributed by atoms with Crippen molar-refractivity contribution in [2.24, 2.45) is 17.8 Å². The topological polar surface area (TPSA) is 74.6 Å². The van der Waals surface area contributed by atoms with Gasteiger partial charge in [-0.25, -0.2) is 4.79 Å². The molecule has 0 aromatic carbocycles. The van der Waals surface area contributed by atoms with E-state index in [1.165, 1.54) is 19.3 Å². The lowest BCUT2D eigenvalue weighted by atomic mass is 9.88. The van der Waals surface area contributed by atoms with Crippen molar-refractivity contribution in [2.45, 2.75) is 84.2 Å². The number of rotatable bonds is 13. The standard InChI is InChI=1S/C22H36O4/c1-3-5-6-7-10-17(4-2)20(23)15-13-18-14-16-21(24)19(18)11-8-9-12-22(25)26/h9,12-13,15,17-20,23H,3-8,10-11,14,16H2,1-2H3,(H,25,26)/b12-9-,15-13?/t17?,18-,19+,20?/m1/s1. The molecule has 0 amide bonds. The van der Waals surface area contributed by atoms with Crippen molar-refractivity contribution in [1.29, 1.82) is 0 Å². The number of hydrogen-bond donors (Lipinski definition) is 2. The minimum Gasteiger partial charge on any atom is -0.478 e. The maximum Gasteiger partial charge on any atom is 0.327 e. The summed E-state index contributed by atoms with van der Waals surface area (Å²) in [5.41, 5.74) is 0. The van der Waals surface area contributed by atoms with Gasteiger partial charge in [-0.3, -0.25) is 4.79 Å². The Balaban J connectivity index is 2.51. The molecule has 4 nitrogen and oxygen atoms in total. The number of aliphatic hydroxyl groups is 1. The first-order valence-corrected chi connectivity index (χ1v) is 10.3. The molecule has 1 saturated carbocycles. The van der Waals surface area contributed by atoms with Crippen LogP contribution in [-0.2, 0) is 9.59 Å². The van der Waals surface area contributed by atoms with E-state index in [1.54, 1.807) is 6.08 Å². The van der Waals surface area contributed by atoms with E-state index >= 15 is 0 Å². The summed E-state index contributed by atoms with van der Waals surface area (Å²) in [7, 11) is 0. The molecule has 1 aliphatic carbocycles. The molecule has 0 spiro atoms. The average Bonchev–Trinajstić information content (AvgIpc) is 2.96. The Labute approximate surface area is 158 Å². The summed E-state index contributed by atoms with van der Waals surface area (Å²) in [6.07, 6.45) is 15.8. The van der Waals surface area contributed by atoms with Crippen molar-refractivity contribution in [3.05, 3.63) is 24.3 Å². The molecule has 0 heterocycles. The third-order valence-corrected chi connectivity index (χ3v) is 5.55.